The Kier molecular flexibility index (Phi) is 13.0. The zero-order valence-electron chi connectivity index (χ0n) is 27.2. The van der Waals surface area contributed by atoms with Crippen LogP contribution in [-0.2, 0) is 54.0 Å². The summed E-state index contributed by atoms with van der Waals surface area (Å²) in [6.07, 6.45) is -12.7. The molecule has 0 spiro atoms. The molecule has 4 rings (SSSR count). The summed E-state index contributed by atoms with van der Waals surface area (Å²) in [5.74, 6) is -4.11. The number of carbonyl (C=O) groups excluding carboxylic acids is 3. The molecule has 17 heteroatoms. The molecule has 2 aromatic carbocycles. The molecule has 0 radical (unpaired) electrons. The number of esters is 3. The second-order valence-electron chi connectivity index (χ2n) is 11.6. The fraction of sp³-hybridized carbons (Fsp3) is 0.485. The first-order valence-corrected chi connectivity index (χ1v) is 15.5. The third-order valence-corrected chi connectivity index (χ3v) is 7.82. The lowest BCUT2D eigenvalue weighted by atomic mass is 9.96. The van der Waals surface area contributed by atoms with E-state index in [1.807, 2.05) is 0 Å². The summed E-state index contributed by atoms with van der Waals surface area (Å²) in [6.45, 7) is 2.72. The third kappa shape index (κ3) is 9.60. The Morgan fingerprint density at radius 3 is 2.02 bits per heavy atom. The van der Waals surface area contributed by atoms with Gasteiger partial charge in [0, 0.05) is 19.9 Å². The van der Waals surface area contributed by atoms with E-state index in [1.165, 1.54) is 49.4 Å². The van der Waals surface area contributed by atoms with Gasteiger partial charge in [0.15, 0.2) is 53.9 Å². The van der Waals surface area contributed by atoms with E-state index in [1.54, 1.807) is 0 Å². The highest BCUT2D eigenvalue weighted by Gasteiger charge is 2.54. The van der Waals surface area contributed by atoms with Gasteiger partial charge in [-0.25, -0.2) is 4.79 Å². The zero-order chi connectivity index (χ0) is 36.7. The van der Waals surface area contributed by atoms with Crippen molar-refractivity contribution in [3.63, 3.8) is 0 Å². The van der Waals surface area contributed by atoms with Gasteiger partial charge in [-0.3, -0.25) is 9.59 Å². The number of rotatable bonds is 12. The van der Waals surface area contributed by atoms with Crippen LogP contribution in [0.1, 0.15) is 31.9 Å². The number of hydrogen-bond acceptors (Lipinski definition) is 17. The van der Waals surface area contributed by atoms with Crippen LogP contribution in [0, 0.1) is 0 Å². The summed E-state index contributed by atoms with van der Waals surface area (Å²) in [6, 6.07) is 7.92. The minimum Gasteiger partial charge on any atom is -0.504 e. The Hall–Kier alpha value is -4.49. The lowest BCUT2D eigenvalue weighted by Crippen LogP contribution is -2.65. The molecule has 2 saturated heterocycles. The maximum atomic E-state index is 13.0. The Balaban J connectivity index is 1.60. The Morgan fingerprint density at radius 2 is 1.40 bits per heavy atom. The monoisotopic (exact) mass is 708 g/mol. The van der Waals surface area contributed by atoms with Gasteiger partial charge in [-0.2, -0.15) is 0 Å². The number of aromatic hydroxyl groups is 4. The first-order valence-electron chi connectivity index (χ1n) is 15.5. The van der Waals surface area contributed by atoms with Crippen LogP contribution >= 0.6 is 0 Å². The van der Waals surface area contributed by atoms with Crippen molar-refractivity contribution in [2.75, 3.05) is 13.2 Å². The smallest absolute Gasteiger partial charge is 0.331 e. The van der Waals surface area contributed by atoms with Crippen molar-refractivity contribution in [3.05, 3.63) is 53.6 Å². The molecule has 50 heavy (non-hydrogen) atoms. The second-order valence-corrected chi connectivity index (χ2v) is 11.6. The molecule has 7 N–H and O–H groups in total. The van der Waals surface area contributed by atoms with Crippen molar-refractivity contribution in [2.45, 2.75) is 88.6 Å². The second kappa shape index (κ2) is 16.9. The molecule has 274 valence electrons. The fourth-order valence-corrected chi connectivity index (χ4v) is 5.41. The highest BCUT2D eigenvalue weighted by molar-refractivity contribution is 5.87. The van der Waals surface area contributed by atoms with Crippen molar-refractivity contribution in [2.24, 2.45) is 0 Å². The summed E-state index contributed by atoms with van der Waals surface area (Å²) >= 11 is 0. The summed E-state index contributed by atoms with van der Waals surface area (Å²) in [7, 11) is 0. The van der Waals surface area contributed by atoms with Gasteiger partial charge in [0.1, 0.15) is 24.4 Å². The quantitative estimate of drug-likeness (QED) is 0.0669. The zero-order valence-corrected chi connectivity index (χ0v) is 27.2. The summed E-state index contributed by atoms with van der Waals surface area (Å²) in [5, 5.41) is 71.5. The van der Waals surface area contributed by atoms with Gasteiger partial charge in [-0.1, -0.05) is 12.1 Å². The van der Waals surface area contributed by atoms with Crippen LogP contribution in [0.5, 0.6) is 23.0 Å². The molecule has 2 aromatic rings. The van der Waals surface area contributed by atoms with Gasteiger partial charge >= 0.3 is 17.9 Å². The number of phenols is 4. The van der Waals surface area contributed by atoms with E-state index in [4.69, 9.17) is 33.2 Å². The molecule has 17 nitrogen and oxygen atoms in total. The number of phenolic OH excluding ortho intramolecular Hbond substituents is 4. The molecule has 0 amide bonds. The molecule has 0 saturated carbocycles. The predicted molar refractivity (Wildman–Crippen MR) is 166 cm³/mol. The van der Waals surface area contributed by atoms with Crippen molar-refractivity contribution in [1.29, 1.82) is 0 Å². The molecule has 2 aliphatic rings. The van der Waals surface area contributed by atoms with Crippen molar-refractivity contribution < 1.29 is 83.3 Å². The maximum Gasteiger partial charge on any atom is 0.331 e. The van der Waals surface area contributed by atoms with E-state index < -0.39 is 91.7 Å². The molecule has 2 heterocycles. The predicted octanol–water partition coefficient (Wildman–Crippen LogP) is 0.126. The van der Waals surface area contributed by atoms with E-state index in [0.717, 1.165) is 19.9 Å². The number of aliphatic hydroxyl groups is 3. The third-order valence-electron chi connectivity index (χ3n) is 7.82. The van der Waals surface area contributed by atoms with Gasteiger partial charge in [-0.05, 0) is 54.8 Å². The average molecular weight is 709 g/mol. The first-order chi connectivity index (χ1) is 23.7. The minimum absolute atomic E-state index is 0.112. The molecule has 2 aliphatic heterocycles. The standard InChI is InChI=1S/C33H40O17/c1-15-28(46-16(2)35)26(42)31(47-17(3)36)33(45-15)50-30-27(43)32(44-11-10-19-5-8-21(38)23(40)13-19)48-24(14-34)29(30)49-25(41)9-6-18-4-7-20(37)22(39)12-18/h4-9,12-13,15,24,26-34,37-40,42-43H,10-11,14H2,1-3H3/b9-6+/t15-,24+,26+,27+,28-,29+,30+,31+,32+,33-/m0/s1. The van der Waals surface area contributed by atoms with Crippen molar-refractivity contribution in [3.8, 4) is 23.0 Å². The van der Waals surface area contributed by atoms with Crippen LogP contribution in [-0.4, -0.2) is 128 Å². The SMILES string of the molecule is CC(=O)O[C@@H]1[C@@H](O)[C@@H](OC(C)=O)[C@H](O[C@@H]2[C@@H](O)[C@H](OCCc3ccc(O)c(O)c3)O[C@H](CO)[C@H]2OC(=O)/C=C/c2ccc(O)c(O)c2)O[C@H]1C. The molecular weight excluding hydrogens is 668 g/mol. The molecular formula is C33H40O17. The van der Waals surface area contributed by atoms with Crippen LogP contribution < -0.4 is 0 Å². The molecule has 0 aromatic heterocycles. The van der Waals surface area contributed by atoms with Crippen LogP contribution in [0.2, 0.25) is 0 Å². The highest BCUT2D eigenvalue weighted by atomic mass is 16.8. The molecule has 0 bridgehead atoms. The van der Waals surface area contributed by atoms with Gasteiger partial charge in [-0.15, -0.1) is 0 Å². The normalized spacial score (nSPS) is 29.7. The Bertz CT molecular complexity index is 1530. The molecule has 10 atom stereocenters. The lowest BCUT2D eigenvalue weighted by Gasteiger charge is -2.47. The Labute approximate surface area is 285 Å². The van der Waals surface area contributed by atoms with E-state index in [0.29, 0.717) is 11.1 Å². The van der Waals surface area contributed by atoms with Gasteiger partial charge < -0.3 is 68.9 Å². The number of benzene rings is 2. The van der Waals surface area contributed by atoms with Crippen LogP contribution in [0.4, 0.5) is 0 Å². The molecule has 0 unspecified atom stereocenters. The van der Waals surface area contributed by atoms with Gasteiger partial charge in [0.05, 0.1) is 19.3 Å². The number of hydrogen-bond donors (Lipinski definition) is 7. The van der Waals surface area contributed by atoms with Crippen LogP contribution in [0.15, 0.2) is 42.5 Å². The highest BCUT2D eigenvalue weighted by Crippen LogP contribution is 2.33. The molecule has 0 aliphatic carbocycles. The lowest BCUT2D eigenvalue weighted by molar-refractivity contribution is -0.358. The summed E-state index contributed by atoms with van der Waals surface area (Å²) < 4.78 is 39.4. The molecule has 2 fully saturated rings. The number of aliphatic hydroxyl groups excluding tert-OH is 3. The first kappa shape index (κ1) is 38.3. The van der Waals surface area contributed by atoms with Crippen LogP contribution in [0.3, 0.4) is 0 Å². The van der Waals surface area contributed by atoms with Crippen molar-refractivity contribution >= 4 is 24.0 Å². The van der Waals surface area contributed by atoms with E-state index >= 15 is 0 Å². The summed E-state index contributed by atoms with van der Waals surface area (Å²) in [5.41, 5.74) is 0.868. The maximum absolute atomic E-state index is 13.0. The van der Waals surface area contributed by atoms with E-state index in [2.05, 4.69) is 0 Å². The van der Waals surface area contributed by atoms with E-state index in [9.17, 15) is 50.1 Å². The largest absolute Gasteiger partial charge is 0.504 e. The van der Waals surface area contributed by atoms with Gasteiger partial charge in [0.25, 0.3) is 0 Å². The Morgan fingerprint density at radius 1 is 0.760 bits per heavy atom. The number of ether oxygens (including phenoxy) is 7. The number of carbonyl (C=O) groups is 3. The summed E-state index contributed by atoms with van der Waals surface area (Å²) in [4.78, 5) is 36.7. The topological polar surface area (TPSA) is 257 Å². The van der Waals surface area contributed by atoms with Gasteiger partial charge in [0.2, 0.25) is 0 Å². The minimum atomic E-state index is -1.78. The average Bonchev–Trinajstić information content (AvgIpc) is 3.05. The van der Waals surface area contributed by atoms with Crippen molar-refractivity contribution in [1.82, 2.24) is 0 Å². The van der Waals surface area contributed by atoms with E-state index in [-0.39, 0.29) is 30.3 Å². The fourth-order valence-electron chi connectivity index (χ4n) is 5.41. The van der Waals surface area contributed by atoms with Crippen LogP contribution in [0.25, 0.3) is 6.08 Å².